The lowest BCUT2D eigenvalue weighted by atomic mass is 9.94. The first-order chi connectivity index (χ1) is 15.8. The maximum absolute atomic E-state index is 13.0. The van der Waals surface area contributed by atoms with Gasteiger partial charge in [0.2, 0.25) is 0 Å². The molecule has 4 N–H and O–H groups in total. The minimum atomic E-state index is -0.969. The second kappa shape index (κ2) is 10.2. The maximum Gasteiger partial charge on any atom is 0.424 e. The quantitative estimate of drug-likeness (QED) is 0.133. The zero-order valence-corrected chi connectivity index (χ0v) is 17.3. The van der Waals surface area contributed by atoms with E-state index >= 15 is 0 Å². The molecule has 3 rings (SSSR count). The summed E-state index contributed by atoms with van der Waals surface area (Å²) in [6.45, 7) is -0.719. The Bertz CT molecular complexity index is 1200. The molecule has 0 bridgehead atoms. The minimum Gasteiger partial charge on any atom is -0.444 e. The summed E-state index contributed by atoms with van der Waals surface area (Å²) in [6.07, 6.45) is -0.969. The van der Waals surface area contributed by atoms with Gasteiger partial charge in [-0.05, 0) is 5.56 Å². The van der Waals surface area contributed by atoms with Crippen molar-refractivity contribution in [3.8, 4) is 0 Å². The van der Waals surface area contributed by atoms with Gasteiger partial charge in [0.15, 0.2) is 11.6 Å². The van der Waals surface area contributed by atoms with Crippen molar-refractivity contribution in [1.29, 1.82) is 0 Å². The second-order valence-electron chi connectivity index (χ2n) is 7.00. The number of hydrogen-bond donors (Lipinski definition) is 2. The third kappa shape index (κ3) is 5.57. The summed E-state index contributed by atoms with van der Waals surface area (Å²) >= 11 is 0. The average molecular weight is 448 g/mol. The van der Waals surface area contributed by atoms with Crippen LogP contribution in [0.5, 0.6) is 0 Å². The Morgan fingerprint density at radius 1 is 0.970 bits per heavy atom. The van der Waals surface area contributed by atoms with E-state index in [9.17, 15) is 24.5 Å². The van der Waals surface area contributed by atoms with Crippen LogP contribution < -0.4 is 11.6 Å². The van der Waals surface area contributed by atoms with Crippen LogP contribution in [0.4, 0.5) is 16.2 Å². The summed E-state index contributed by atoms with van der Waals surface area (Å²) in [4.78, 5) is 48.7. The standard InChI is InChI=1S/C23H20N4O6/c24-19-12-17(27(31)32)11-18(22(29)16-9-5-2-6-10-16)21(19)20(28)13-26(25)23(30)33-14-15-7-3-1-4-8-15/h1-12H,13-14,24-25H2. The van der Waals surface area contributed by atoms with Gasteiger partial charge in [-0.1, -0.05) is 60.7 Å². The van der Waals surface area contributed by atoms with E-state index in [0.717, 1.165) is 17.7 Å². The fourth-order valence-corrected chi connectivity index (χ4v) is 3.09. The van der Waals surface area contributed by atoms with Gasteiger partial charge in [-0.15, -0.1) is 0 Å². The number of hydrogen-bond acceptors (Lipinski definition) is 8. The second-order valence-corrected chi connectivity index (χ2v) is 7.00. The molecule has 3 aromatic rings. The molecule has 0 heterocycles. The van der Waals surface area contributed by atoms with Gasteiger partial charge in [-0.25, -0.2) is 15.6 Å². The van der Waals surface area contributed by atoms with Crippen LogP contribution in [0, 0.1) is 10.1 Å². The molecule has 0 aliphatic carbocycles. The number of nitrogens with zero attached hydrogens (tertiary/aromatic N) is 2. The number of carbonyl (C=O) groups is 3. The highest BCUT2D eigenvalue weighted by Crippen LogP contribution is 2.27. The topological polar surface area (TPSA) is 159 Å². The monoisotopic (exact) mass is 448 g/mol. The first-order valence-electron chi connectivity index (χ1n) is 9.71. The molecule has 0 fully saturated rings. The van der Waals surface area contributed by atoms with Crippen LogP contribution in [-0.4, -0.2) is 34.1 Å². The summed E-state index contributed by atoms with van der Waals surface area (Å²) in [7, 11) is 0. The van der Waals surface area contributed by atoms with Crippen LogP contribution in [0.2, 0.25) is 0 Å². The molecule has 0 aliphatic heterocycles. The van der Waals surface area contributed by atoms with Gasteiger partial charge in [0.1, 0.15) is 13.2 Å². The number of amides is 1. The van der Waals surface area contributed by atoms with E-state index in [0.29, 0.717) is 5.01 Å². The third-order valence-corrected chi connectivity index (χ3v) is 4.68. The smallest absolute Gasteiger partial charge is 0.424 e. The normalized spacial score (nSPS) is 10.3. The van der Waals surface area contributed by atoms with Crippen molar-refractivity contribution in [1.82, 2.24) is 5.01 Å². The predicted octanol–water partition coefficient (Wildman–Crippen LogP) is 3.10. The van der Waals surface area contributed by atoms with Gasteiger partial charge >= 0.3 is 6.09 Å². The zero-order chi connectivity index (χ0) is 24.0. The summed E-state index contributed by atoms with van der Waals surface area (Å²) < 4.78 is 5.08. The van der Waals surface area contributed by atoms with E-state index in [4.69, 9.17) is 16.3 Å². The van der Waals surface area contributed by atoms with Crippen molar-refractivity contribution >= 4 is 29.0 Å². The van der Waals surface area contributed by atoms with Gasteiger partial charge in [-0.3, -0.25) is 19.7 Å². The Kier molecular flexibility index (Phi) is 7.11. The molecule has 0 radical (unpaired) electrons. The Labute approximate surface area is 188 Å². The molecule has 10 nitrogen and oxygen atoms in total. The molecule has 168 valence electrons. The number of nitro benzene ring substituents is 1. The van der Waals surface area contributed by atoms with E-state index in [2.05, 4.69) is 0 Å². The highest BCUT2D eigenvalue weighted by molar-refractivity contribution is 6.18. The number of nitro groups is 1. The van der Waals surface area contributed by atoms with Gasteiger partial charge in [0.25, 0.3) is 5.69 Å². The number of carbonyl (C=O) groups excluding carboxylic acids is 3. The van der Waals surface area contributed by atoms with Gasteiger partial charge < -0.3 is 10.5 Å². The fourth-order valence-electron chi connectivity index (χ4n) is 3.09. The Morgan fingerprint density at radius 3 is 2.18 bits per heavy atom. The van der Waals surface area contributed by atoms with Crippen LogP contribution in [0.3, 0.4) is 0 Å². The van der Waals surface area contributed by atoms with Crippen LogP contribution in [0.1, 0.15) is 31.8 Å². The number of Topliss-reactive ketones (excluding diaryl/α,β-unsaturated/α-hetero) is 1. The molecule has 0 aliphatic rings. The van der Waals surface area contributed by atoms with E-state index < -0.39 is 34.8 Å². The fraction of sp³-hybridized carbons (Fsp3) is 0.0870. The van der Waals surface area contributed by atoms with Crippen molar-refractivity contribution in [3.05, 3.63) is 105 Å². The number of nitrogen functional groups attached to an aromatic ring is 1. The van der Waals surface area contributed by atoms with E-state index in [1.54, 1.807) is 42.5 Å². The zero-order valence-electron chi connectivity index (χ0n) is 17.3. The van der Waals surface area contributed by atoms with Crippen molar-refractivity contribution in [2.45, 2.75) is 6.61 Å². The molecule has 0 unspecified atom stereocenters. The number of benzene rings is 3. The number of anilines is 1. The Hall–Kier alpha value is -4.57. The van der Waals surface area contributed by atoms with E-state index in [1.807, 2.05) is 6.07 Å². The number of rotatable bonds is 8. The first-order valence-corrected chi connectivity index (χ1v) is 9.71. The van der Waals surface area contributed by atoms with Gasteiger partial charge in [-0.2, -0.15) is 0 Å². The molecule has 33 heavy (non-hydrogen) atoms. The van der Waals surface area contributed by atoms with Crippen molar-refractivity contribution in [2.24, 2.45) is 5.84 Å². The molecule has 1 amide bonds. The molecule has 0 aromatic heterocycles. The highest BCUT2D eigenvalue weighted by Gasteiger charge is 2.27. The lowest BCUT2D eigenvalue weighted by Gasteiger charge is -2.17. The van der Waals surface area contributed by atoms with Crippen molar-refractivity contribution in [3.63, 3.8) is 0 Å². The van der Waals surface area contributed by atoms with E-state index in [1.165, 1.54) is 12.1 Å². The Morgan fingerprint density at radius 2 is 1.58 bits per heavy atom. The number of ketones is 2. The average Bonchev–Trinajstić information content (AvgIpc) is 2.82. The van der Waals surface area contributed by atoms with Crippen LogP contribution >= 0.6 is 0 Å². The van der Waals surface area contributed by atoms with Gasteiger partial charge in [0.05, 0.1) is 16.2 Å². The minimum absolute atomic E-state index is 0.0566. The Balaban J connectivity index is 1.84. The molecule has 0 saturated carbocycles. The number of hydrazine groups is 1. The summed E-state index contributed by atoms with van der Waals surface area (Å²) in [6, 6.07) is 18.7. The largest absolute Gasteiger partial charge is 0.444 e. The molecule has 10 heteroatoms. The van der Waals surface area contributed by atoms with Crippen molar-refractivity contribution < 1.29 is 24.0 Å². The molecular formula is C23H20N4O6. The highest BCUT2D eigenvalue weighted by atomic mass is 16.6. The van der Waals surface area contributed by atoms with Crippen LogP contribution in [0.25, 0.3) is 0 Å². The van der Waals surface area contributed by atoms with E-state index in [-0.39, 0.29) is 29.0 Å². The summed E-state index contributed by atoms with van der Waals surface area (Å²) in [5.41, 5.74) is 5.59. The van der Waals surface area contributed by atoms with Crippen LogP contribution in [0.15, 0.2) is 72.8 Å². The third-order valence-electron chi connectivity index (χ3n) is 4.68. The molecular weight excluding hydrogens is 428 g/mol. The maximum atomic E-state index is 13.0. The number of non-ortho nitro benzene ring substituents is 1. The predicted molar refractivity (Wildman–Crippen MR) is 119 cm³/mol. The molecule has 0 spiro atoms. The SMILES string of the molecule is Nc1cc([N+](=O)[O-])cc(C(=O)c2ccccc2)c1C(=O)CN(N)C(=O)OCc1ccccc1. The lowest BCUT2D eigenvalue weighted by molar-refractivity contribution is -0.384. The van der Waals surface area contributed by atoms with Gasteiger partial charge in [0, 0.05) is 23.3 Å². The first kappa shape index (κ1) is 23.1. The summed E-state index contributed by atoms with van der Waals surface area (Å²) in [5, 5.41) is 11.8. The van der Waals surface area contributed by atoms with Crippen LogP contribution in [-0.2, 0) is 11.3 Å². The lowest BCUT2D eigenvalue weighted by Crippen LogP contribution is -2.42. The number of ether oxygens (including phenoxy) is 1. The van der Waals surface area contributed by atoms with Crippen molar-refractivity contribution in [2.75, 3.05) is 12.3 Å². The molecule has 3 aromatic carbocycles. The molecule has 0 atom stereocenters. The number of nitrogens with two attached hydrogens (primary N) is 2. The molecule has 0 saturated heterocycles. The summed E-state index contributed by atoms with van der Waals surface area (Å²) in [5.74, 6) is 4.28.